The van der Waals surface area contributed by atoms with Gasteiger partial charge in [0.25, 0.3) is 15.9 Å². The molecule has 0 aliphatic carbocycles. The average Bonchev–Trinajstić information content (AvgIpc) is 2.83. The Morgan fingerprint density at radius 3 is 2.45 bits per heavy atom. The van der Waals surface area contributed by atoms with Crippen molar-refractivity contribution < 1.29 is 17.9 Å². The molecule has 9 heteroatoms. The van der Waals surface area contributed by atoms with Gasteiger partial charge < -0.3 is 4.74 Å². The van der Waals surface area contributed by atoms with E-state index >= 15 is 0 Å². The predicted octanol–water partition coefficient (Wildman–Crippen LogP) is 3.46. The number of sulfonamides is 1. The summed E-state index contributed by atoms with van der Waals surface area (Å²) in [5.74, 6) is 0.591. The molecule has 0 fully saturated rings. The standard InChI is InChI=1S/C24H26N4O4S/c1-19(2)18-32-22-12-10-20(11-13-22)15-26-27-24(29)17-28(21-7-6-14-25-16-21)33(30,31)23-8-4-3-5-9-23/h3-16,19H,17-18H2,1-2H3,(H,27,29)/b26-15-. The molecule has 0 bridgehead atoms. The summed E-state index contributed by atoms with van der Waals surface area (Å²) in [6, 6.07) is 18.4. The van der Waals surface area contributed by atoms with Gasteiger partial charge in [0, 0.05) is 6.20 Å². The first-order valence-electron chi connectivity index (χ1n) is 10.4. The number of nitrogens with zero attached hydrogens (tertiary/aromatic N) is 3. The van der Waals surface area contributed by atoms with Gasteiger partial charge in [0.05, 0.1) is 29.6 Å². The Morgan fingerprint density at radius 1 is 1.09 bits per heavy atom. The number of nitrogens with one attached hydrogen (secondary N) is 1. The second kappa shape index (κ2) is 11.2. The first kappa shape index (κ1) is 23.9. The van der Waals surface area contributed by atoms with Crippen LogP contribution >= 0.6 is 0 Å². The van der Waals surface area contributed by atoms with Gasteiger partial charge in [-0.1, -0.05) is 32.0 Å². The Morgan fingerprint density at radius 2 is 1.82 bits per heavy atom. The van der Waals surface area contributed by atoms with Crippen LogP contribution in [0.3, 0.4) is 0 Å². The molecule has 3 aromatic rings. The molecule has 0 saturated heterocycles. The number of pyridine rings is 1. The lowest BCUT2D eigenvalue weighted by Crippen LogP contribution is -2.39. The van der Waals surface area contributed by atoms with Crippen LogP contribution in [0.25, 0.3) is 0 Å². The van der Waals surface area contributed by atoms with E-state index in [-0.39, 0.29) is 10.6 Å². The summed E-state index contributed by atoms with van der Waals surface area (Å²) in [4.78, 5) is 16.6. The van der Waals surface area contributed by atoms with Crippen LogP contribution in [0.1, 0.15) is 19.4 Å². The number of hydrogen-bond donors (Lipinski definition) is 1. The molecule has 172 valence electrons. The minimum absolute atomic E-state index is 0.0740. The number of benzene rings is 2. The van der Waals surface area contributed by atoms with Crippen LogP contribution in [0.5, 0.6) is 5.75 Å². The molecule has 0 radical (unpaired) electrons. The van der Waals surface area contributed by atoms with Crippen LogP contribution in [0, 0.1) is 5.92 Å². The van der Waals surface area contributed by atoms with E-state index in [0.717, 1.165) is 15.6 Å². The van der Waals surface area contributed by atoms with E-state index in [1.54, 1.807) is 30.3 Å². The van der Waals surface area contributed by atoms with E-state index in [1.165, 1.54) is 30.7 Å². The molecule has 1 N–H and O–H groups in total. The zero-order valence-electron chi connectivity index (χ0n) is 18.5. The van der Waals surface area contributed by atoms with E-state index in [4.69, 9.17) is 4.74 Å². The van der Waals surface area contributed by atoms with Crippen LogP contribution < -0.4 is 14.5 Å². The van der Waals surface area contributed by atoms with Crippen molar-refractivity contribution in [1.29, 1.82) is 0 Å². The first-order valence-corrected chi connectivity index (χ1v) is 11.8. The SMILES string of the molecule is CC(C)COc1ccc(/C=N\NC(=O)CN(c2cccnc2)S(=O)(=O)c2ccccc2)cc1. The number of aromatic nitrogens is 1. The summed E-state index contributed by atoms with van der Waals surface area (Å²) in [5, 5.41) is 3.94. The van der Waals surface area contributed by atoms with Gasteiger partial charge in [-0.2, -0.15) is 5.10 Å². The molecule has 33 heavy (non-hydrogen) atoms. The number of anilines is 1. The highest BCUT2D eigenvalue weighted by Gasteiger charge is 2.27. The van der Waals surface area contributed by atoms with Crippen molar-refractivity contribution in [3.8, 4) is 5.75 Å². The number of ether oxygens (including phenoxy) is 1. The van der Waals surface area contributed by atoms with Crippen LogP contribution in [-0.2, 0) is 14.8 Å². The largest absolute Gasteiger partial charge is 0.493 e. The average molecular weight is 467 g/mol. The van der Waals surface area contributed by atoms with Gasteiger partial charge in [-0.3, -0.25) is 14.1 Å². The predicted molar refractivity (Wildman–Crippen MR) is 128 cm³/mol. The first-order chi connectivity index (χ1) is 15.9. The highest BCUT2D eigenvalue weighted by Crippen LogP contribution is 2.22. The molecule has 0 atom stereocenters. The molecule has 0 unspecified atom stereocenters. The van der Waals surface area contributed by atoms with Gasteiger partial charge in [-0.15, -0.1) is 0 Å². The Bertz CT molecular complexity index is 1170. The maximum atomic E-state index is 13.2. The Balaban J connectivity index is 1.68. The van der Waals surface area contributed by atoms with Crippen molar-refractivity contribution in [2.24, 2.45) is 11.0 Å². The highest BCUT2D eigenvalue weighted by molar-refractivity contribution is 7.92. The summed E-state index contributed by atoms with van der Waals surface area (Å²) < 4.78 is 33.0. The lowest BCUT2D eigenvalue weighted by atomic mass is 10.2. The van der Waals surface area contributed by atoms with E-state index in [1.807, 2.05) is 24.3 Å². The third-order valence-electron chi connectivity index (χ3n) is 4.42. The second-order valence-corrected chi connectivity index (χ2v) is 9.47. The van der Waals surface area contributed by atoms with Crippen molar-refractivity contribution in [2.45, 2.75) is 18.7 Å². The van der Waals surface area contributed by atoms with Crippen LogP contribution in [0.4, 0.5) is 5.69 Å². The van der Waals surface area contributed by atoms with Crippen molar-refractivity contribution in [3.63, 3.8) is 0 Å². The fourth-order valence-corrected chi connectivity index (χ4v) is 4.22. The minimum atomic E-state index is -3.98. The molecule has 8 nitrogen and oxygen atoms in total. The van der Waals surface area contributed by atoms with E-state index in [2.05, 4.69) is 29.4 Å². The van der Waals surface area contributed by atoms with Gasteiger partial charge >= 0.3 is 0 Å². The molecule has 1 heterocycles. The van der Waals surface area contributed by atoms with Crippen molar-refractivity contribution in [2.75, 3.05) is 17.5 Å². The normalized spacial score (nSPS) is 11.5. The van der Waals surface area contributed by atoms with Crippen LogP contribution in [0.15, 0.2) is 89.1 Å². The summed E-state index contributed by atoms with van der Waals surface area (Å²) in [6.07, 6.45) is 4.39. The van der Waals surface area contributed by atoms with Crippen molar-refractivity contribution in [3.05, 3.63) is 84.7 Å². The van der Waals surface area contributed by atoms with Gasteiger partial charge in [-0.05, 0) is 60.0 Å². The Kier molecular flexibility index (Phi) is 8.15. The highest BCUT2D eigenvalue weighted by atomic mass is 32.2. The molecular formula is C24H26N4O4S. The van der Waals surface area contributed by atoms with Gasteiger partial charge in [0.15, 0.2) is 0 Å². The van der Waals surface area contributed by atoms with Gasteiger partial charge in [0.2, 0.25) is 0 Å². The third kappa shape index (κ3) is 6.88. The number of amides is 1. The van der Waals surface area contributed by atoms with Crippen molar-refractivity contribution >= 4 is 27.8 Å². The number of carbonyl (C=O) groups excluding carboxylic acids is 1. The van der Waals surface area contributed by atoms with Crippen LogP contribution in [0.2, 0.25) is 0 Å². The zero-order valence-corrected chi connectivity index (χ0v) is 19.3. The van der Waals surface area contributed by atoms with E-state index in [9.17, 15) is 13.2 Å². The van der Waals surface area contributed by atoms with Gasteiger partial charge in [0.1, 0.15) is 12.3 Å². The number of hydrogen-bond acceptors (Lipinski definition) is 6. The monoisotopic (exact) mass is 466 g/mol. The summed E-state index contributed by atoms with van der Waals surface area (Å²) in [7, 11) is -3.98. The molecule has 0 aliphatic heterocycles. The second-order valence-electron chi connectivity index (χ2n) is 7.60. The smallest absolute Gasteiger partial charge is 0.264 e. The van der Waals surface area contributed by atoms with Crippen LogP contribution in [-0.4, -0.2) is 38.7 Å². The molecule has 1 aromatic heterocycles. The molecule has 1 amide bonds. The summed E-state index contributed by atoms with van der Waals surface area (Å²) in [5.41, 5.74) is 3.42. The fourth-order valence-electron chi connectivity index (χ4n) is 2.79. The topological polar surface area (TPSA) is 101 Å². The van der Waals surface area contributed by atoms with Crippen molar-refractivity contribution in [1.82, 2.24) is 10.4 Å². The maximum Gasteiger partial charge on any atom is 0.264 e. The summed E-state index contributed by atoms with van der Waals surface area (Å²) >= 11 is 0. The molecule has 0 aliphatic rings. The molecule has 0 spiro atoms. The van der Waals surface area contributed by atoms with Gasteiger partial charge in [-0.25, -0.2) is 13.8 Å². The van der Waals surface area contributed by atoms with E-state index in [0.29, 0.717) is 12.5 Å². The lowest BCUT2D eigenvalue weighted by Gasteiger charge is -2.23. The Labute approximate surface area is 194 Å². The number of rotatable bonds is 10. The fraction of sp³-hybridized carbons (Fsp3) is 0.208. The number of carbonyl (C=O) groups is 1. The zero-order chi connectivity index (χ0) is 23.7. The summed E-state index contributed by atoms with van der Waals surface area (Å²) in [6.45, 7) is 4.32. The maximum absolute atomic E-state index is 13.2. The molecule has 2 aromatic carbocycles. The minimum Gasteiger partial charge on any atom is -0.493 e. The molecular weight excluding hydrogens is 440 g/mol. The third-order valence-corrected chi connectivity index (χ3v) is 6.21. The quantitative estimate of drug-likeness (QED) is 0.364. The molecule has 3 rings (SSSR count). The van der Waals surface area contributed by atoms with E-state index < -0.39 is 22.5 Å². The number of hydrazone groups is 1. The Hall–Kier alpha value is -3.72. The lowest BCUT2D eigenvalue weighted by molar-refractivity contribution is -0.119. The molecule has 0 saturated carbocycles.